The van der Waals surface area contributed by atoms with E-state index >= 15 is 0 Å². The van der Waals surface area contributed by atoms with E-state index in [1.807, 2.05) is 0 Å². The molecule has 0 saturated carbocycles. The van der Waals surface area contributed by atoms with Crippen LogP contribution in [0.2, 0.25) is 0 Å². The van der Waals surface area contributed by atoms with Gasteiger partial charge in [0.25, 0.3) is 0 Å². The van der Waals surface area contributed by atoms with Gasteiger partial charge in [0, 0.05) is 83.1 Å². The normalized spacial score (nSPS) is 18.1. The molecule has 1 aromatic heterocycles. The summed E-state index contributed by atoms with van der Waals surface area (Å²) in [4.78, 5) is 4.74. The van der Waals surface area contributed by atoms with Gasteiger partial charge in [0.05, 0.1) is 5.41 Å². The van der Waals surface area contributed by atoms with Gasteiger partial charge in [-0.25, -0.2) is 0 Å². The van der Waals surface area contributed by atoms with Crippen molar-refractivity contribution in [3.8, 4) is 0 Å². The third kappa shape index (κ3) is 10.6. The first-order chi connectivity index (χ1) is 31.8. The van der Waals surface area contributed by atoms with Gasteiger partial charge in [-0.15, -0.1) is 0 Å². The molecule has 68 heavy (non-hydrogen) atoms. The van der Waals surface area contributed by atoms with Crippen molar-refractivity contribution in [3.63, 3.8) is 0 Å². The zero-order chi connectivity index (χ0) is 47.2. The van der Waals surface area contributed by atoms with Crippen LogP contribution >= 0.6 is 0 Å². The van der Waals surface area contributed by atoms with Crippen molar-refractivity contribution in [2.45, 2.75) is 99.5 Å². The van der Waals surface area contributed by atoms with Gasteiger partial charge in [0.15, 0.2) is 5.71 Å². The number of para-hydroxylation sites is 4. The molecule has 0 saturated heterocycles. The molecule has 8 rings (SSSR count). The molecule has 3 aliphatic rings. The predicted molar refractivity (Wildman–Crippen MR) is 299 cm³/mol. The van der Waals surface area contributed by atoms with Gasteiger partial charge < -0.3 is 24.7 Å². The highest BCUT2D eigenvalue weighted by Gasteiger charge is 2.42. The maximum atomic E-state index is 2.39. The molecule has 4 aromatic carbocycles. The van der Waals surface area contributed by atoms with Crippen molar-refractivity contribution in [2.24, 2.45) is 11.8 Å². The Hall–Kier alpha value is -6.26. The Kier molecular flexibility index (Phi) is 17.6. The molecule has 0 aliphatic carbocycles. The van der Waals surface area contributed by atoms with E-state index in [-0.39, 0.29) is 25.7 Å². The van der Waals surface area contributed by atoms with E-state index in [4.69, 9.17) is 0 Å². The third-order valence-corrected chi connectivity index (χ3v) is 14.6. The van der Waals surface area contributed by atoms with E-state index < -0.39 is 0 Å². The summed E-state index contributed by atoms with van der Waals surface area (Å²) in [6.07, 6.45) is 25.2. The summed E-state index contributed by atoms with van der Waals surface area (Å²) in [7, 11) is 4.38. The fourth-order valence-corrected chi connectivity index (χ4v) is 10.1. The number of aromatic nitrogens is 1. The zero-order valence-electron chi connectivity index (χ0n) is 43.9. The summed E-state index contributed by atoms with van der Waals surface area (Å²) in [6, 6.07) is 39.2. The van der Waals surface area contributed by atoms with E-state index in [0.29, 0.717) is 11.8 Å². The van der Waals surface area contributed by atoms with Gasteiger partial charge in [-0.2, -0.15) is 9.14 Å². The van der Waals surface area contributed by atoms with Crippen molar-refractivity contribution in [2.75, 3.05) is 30.4 Å². The average Bonchev–Trinajstić information content (AvgIpc) is 3.66. The lowest BCUT2D eigenvalue weighted by Gasteiger charge is -2.29. The number of fused-ring (bicyclic) bond motifs is 4. The van der Waals surface area contributed by atoms with Crippen LogP contribution in [-0.2, 0) is 17.4 Å². The van der Waals surface area contributed by atoms with Crippen molar-refractivity contribution < 1.29 is 9.14 Å². The van der Waals surface area contributed by atoms with Gasteiger partial charge in [0.2, 0.25) is 16.9 Å². The van der Waals surface area contributed by atoms with Gasteiger partial charge in [-0.1, -0.05) is 139 Å². The highest BCUT2D eigenvalue weighted by Crippen LogP contribution is 2.47. The predicted octanol–water partition coefficient (Wildman–Crippen LogP) is 16.0. The second-order valence-corrected chi connectivity index (χ2v) is 19.2. The van der Waals surface area contributed by atoms with Crippen molar-refractivity contribution >= 4 is 45.8 Å². The Labute approximate surface area is 412 Å². The lowest BCUT2D eigenvalue weighted by molar-refractivity contribution is -0.669. The number of anilines is 2. The van der Waals surface area contributed by atoms with Crippen LogP contribution in [0, 0.1) is 26.7 Å². The molecule has 2 unspecified atom stereocenters. The Bertz CT molecular complexity index is 2820. The summed E-state index contributed by atoms with van der Waals surface area (Å²) in [5.74, 6) is 0.983. The van der Waals surface area contributed by atoms with Crippen LogP contribution in [-0.4, -0.2) is 30.9 Å². The standard InChI is InChI=1S/C31H39N2.C31H35N2.2CH3/c1-9-22(2)23(18-20-28-30(3,4)24-14-10-12-16-26(24)32(28)7)19-21-29-31(5,6)25-15-11-13-17-27(25)33(29)8;1-5-24(4)25(16-20-28-22-18-26-12-8-10-14-30(26)32(28)6-2)17-21-29-23-19-27-13-9-11-15-31(27)33(29)7-3;;/h10-22H,9H2,1-8H3;8-24H,5-7H2,1-4H3;2*1H3/q2*+1;2*-1. The number of likely N-dealkylation sites (N-methyl/N-ethyl adjacent to an activating group) is 2. The molecule has 3 aliphatic heterocycles. The minimum Gasteiger partial charge on any atom is -0.358 e. The number of hydrogen-bond acceptors (Lipinski definition) is 2. The molecule has 4 heterocycles. The second kappa shape index (κ2) is 22.7. The highest BCUT2D eigenvalue weighted by atomic mass is 15.2. The van der Waals surface area contributed by atoms with E-state index in [0.717, 1.165) is 25.9 Å². The first-order valence-electron chi connectivity index (χ1n) is 24.5. The minimum absolute atomic E-state index is 0. The fourth-order valence-electron chi connectivity index (χ4n) is 10.1. The molecule has 0 amide bonds. The number of allylic oxidation sites excluding steroid dienone is 11. The van der Waals surface area contributed by atoms with E-state index in [1.54, 1.807) is 0 Å². The molecule has 0 fully saturated rings. The first kappa shape index (κ1) is 52.7. The third-order valence-electron chi connectivity index (χ3n) is 14.6. The van der Waals surface area contributed by atoms with Gasteiger partial charge >= 0.3 is 0 Å². The summed E-state index contributed by atoms with van der Waals surface area (Å²) in [5, 5.41) is 1.28. The van der Waals surface area contributed by atoms with E-state index in [9.17, 15) is 0 Å². The summed E-state index contributed by atoms with van der Waals surface area (Å²) < 4.78 is 4.74. The van der Waals surface area contributed by atoms with Crippen molar-refractivity contribution in [1.82, 2.24) is 0 Å². The Balaban J connectivity index is 0.000000247. The largest absolute Gasteiger partial charge is 0.358 e. The number of rotatable bonds is 12. The Morgan fingerprint density at radius 3 is 1.87 bits per heavy atom. The molecule has 0 N–H and O–H groups in total. The zero-order valence-corrected chi connectivity index (χ0v) is 43.9. The van der Waals surface area contributed by atoms with Crippen LogP contribution in [0.15, 0.2) is 180 Å². The SMILES string of the molecule is CCC(C)C(C=CC1=[N+](C)c2ccccc2C1(C)C)=CC=C1N(C)c2ccccc2C1(C)C.CCC(C)C(C=Cc1ccc2ccccc2[n+]1CC)=CC=C1C=Cc2ccccc2N1CC.[CH3-].[CH3-]. The molecule has 0 spiro atoms. The lowest BCUT2D eigenvalue weighted by atomic mass is 9.81. The summed E-state index contributed by atoms with van der Waals surface area (Å²) in [5.41, 5.74) is 17.1. The lowest BCUT2D eigenvalue weighted by Crippen LogP contribution is -2.36. The van der Waals surface area contributed by atoms with Crippen LogP contribution in [0.25, 0.3) is 23.1 Å². The van der Waals surface area contributed by atoms with E-state index in [2.05, 4.69) is 272 Å². The molecule has 0 bridgehead atoms. The quantitative estimate of drug-likeness (QED) is 0.0703. The van der Waals surface area contributed by atoms with Crippen molar-refractivity contribution in [1.29, 1.82) is 0 Å². The Morgan fingerprint density at radius 2 is 1.22 bits per heavy atom. The average molecular weight is 905 g/mol. The number of aryl methyl sites for hydroxylation is 1. The van der Waals surface area contributed by atoms with Crippen LogP contribution in [0.1, 0.15) is 104 Å². The fraction of sp³-hybridized carbons (Fsp3) is 0.312. The van der Waals surface area contributed by atoms with Crippen LogP contribution in [0.4, 0.5) is 17.1 Å². The smallest absolute Gasteiger partial charge is 0.212 e. The van der Waals surface area contributed by atoms with Crippen LogP contribution in [0.5, 0.6) is 0 Å². The highest BCUT2D eigenvalue weighted by molar-refractivity contribution is 6.03. The number of hydrogen-bond donors (Lipinski definition) is 0. The van der Waals surface area contributed by atoms with Gasteiger partial charge in [0.1, 0.15) is 13.6 Å². The monoisotopic (exact) mass is 905 g/mol. The molecule has 0 radical (unpaired) electrons. The number of nitrogens with zero attached hydrogens (tertiary/aromatic N) is 4. The molecule has 5 aromatic rings. The molecule has 4 heteroatoms. The molecular formula is C64H80N4. The van der Waals surface area contributed by atoms with E-state index in [1.165, 1.54) is 78.6 Å². The molecule has 356 valence electrons. The molecular weight excluding hydrogens is 825 g/mol. The number of benzene rings is 4. The van der Waals surface area contributed by atoms with Gasteiger partial charge in [-0.05, 0) is 117 Å². The van der Waals surface area contributed by atoms with Crippen LogP contribution in [0.3, 0.4) is 0 Å². The maximum Gasteiger partial charge on any atom is 0.212 e. The van der Waals surface area contributed by atoms with Gasteiger partial charge in [-0.3, -0.25) is 0 Å². The van der Waals surface area contributed by atoms with Crippen LogP contribution < -0.4 is 14.4 Å². The maximum absolute atomic E-state index is 2.39. The molecule has 4 nitrogen and oxygen atoms in total. The summed E-state index contributed by atoms with van der Waals surface area (Å²) in [6.45, 7) is 24.8. The second-order valence-electron chi connectivity index (χ2n) is 19.2. The number of pyridine rings is 1. The summed E-state index contributed by atoms with van der Waals surface area (Å²) >= 11 is 0. The Morgan fingerprint density at radius 1 is 0.632 bits per heavy atom. The first-order valence-corrected chi connectivity index (χ1v) is 24.5. The van der Waals surface area contributed by atoms with Crippen molar-refractivity contribution in [3.05, 3.63) is 218 Å². The molecule has 2 atom stereocenters. The minimum atomic E-state index is -0.00379. The topological polar surface area (TPSA) is 13.4 Å².